The Morgan fingerprint density at radius 2 is 2.14 bits per heavy atom. The lowest BCUT2D eigenvalue weighted by atomic mass is 10.1. The molecule has 1 aliphatic rings. The van der Waals surface area contributed by atoms with Crippen molar-refractivity contribution in [2.75, 3.05) is 25.2 Å². The van der Waals surface area contributed by atoms with Crippen molar-refractivity contribution in [3.05, 3.63) is 54.2 Å². The lowest BCUT2D eigenvalue weighted by Gasteiger charge is -2.34. The second kappa shape index (κ2) is 8.28. The van der Waals surface area contributed by atoms with Gasteiger partial charge in [-0.3, -0.25) is 13.8 Å². The van der Waals surface area contributed by atoms with Crippen LogP contribution in [-0.2, 0) is 23.9 Å². The van der Waals surface area contributed by atoms with Gasteiger partial charge < -0.3 is 9.15 Å². The normalized spacial score (nSPS) is 20.4. The molecular formula is C20H24N4O3S. The number of aryl methyl sites for hydroxylation is 1. The summed E-state index contributed by atoms with van der Waals surface area (Å²) in [5.41, 5.74) is 2.88. The Labute approximate surface area is 166 Å². The molecule has 3 aromatic rings. The van der Waals surface area contributed by atoms with Crippen molar-refractivity contribution < 1.29 is 13.4 Å². The summed E-state index contributed by atoms with van der Waals surface area (Å²) in [6, 6.07) is 7.72. The number of nitrogens with zero attached hydrogens (tertiary/aromatic N) is 4. The van der Waals surface area contributed by atoms with E-state index in [0.29, 0.717) is 23.9 Å². The second-order valence-corrected chi connectivity index (χ2v) is 8.42. The fraction of sp³-hybridized carbons (Fsp3) is 0.400. The monoisotopic (exact) mass is 400 g/mol. The smallest absolute Gasteiger partial charge is 0.226 e. The Balaban J connectivity index is 1.51. The molecule has 1 fully saturated rings. The summed E-state index contributed by atoms with van der Waals surface area (Å²) < 4.78 is 25.0. The Morgan fingerprint density at radius 1 is 1.32 bits per heavy atom. The molecule has 0 aliphatic carbocycles. The molecule has 1 saturated heterocycles. The molecule has 3 heterocycles. The standard InChI is InChI=1S/C20H24N4O3S/c1-3-24-11-16(10-21-24)19-14-28(25)9-8-23(19)12-17-13-27-20(22-17)15-4-6-18(26-2)7-5-15/h4-7,10-11,13,19H,3,8-9,12,14H2,1-2H3. The molecule has 1 aromatic carbocycles. The highest BCUT2D eigenvalue weighted by Crippen LogP contribution is 2.28. The van der Waals surface area contributed by atoms with Crippen LogP contribution in [0.25, 0.3) is 11.5 Å². The molecule has 0 saturated carbocycles. The van der Waals surface area contributed by atoms with Gasteiger partial charge in [0.2, 0.25) is 5.89 Å². The van der Waals surface area contributed by atoms with E-state index in [9.17, 15) is 4.21 Å². The van der Waals surface area contributed by atoms with E-state index in [-0.39, 0.29) is 6.04 Å². The predicted octanol–water partition coefficient (Wildman–Crippen LogP) is 2.87. The van der Waals surface area contributed by atoms with Gasteiger partial charge in [-0.15, -0.1) is 0 Å². The van der Waals surface area contributed by atoms with E-state index in [0.717, 1.165) is 35.7 Å². The number of hydrogen-bond donors (Lipinski definition) is 0. The van der Waals surface area contributed by atoms with Gasteiger partial charge in [-0.25, -0.2) is 4.98 Å². The third-order valence-electron chi connectivity index (χ3n) is 5.01. The third kappa shape index (κ3) is 4.02. The van der Waals surface area contributed by atoms with Crippen LogP contribution in [0.15, 0.2) is 47.3 Å². The van der Waals surface area contributed by atoms with Crippen LogP contribution in [0.5, 0.6) is 5.75 Å². The highest BCUT2D eigenvalue weighted by molar-refractivity contribution is 7.85. The zero-order valence-corrected chi connectivity index (χ0v) is 16.9. The Bertz CT molecular complexity index is 951. The largest absolute Gasteiger partial charge is 0.497 e. The first-order valence-corrected chi connectivity index (χ1v) is 10.8. The molecule has 0 spiro atoms. The molecule has 2 aromatic heterocycles. The molecule has 0 radical (unpaired) electrons. The number of oxazole rings is 1. The lowest BCUT2D eigenvalue weighted by Crippen LogP contribution is -2.40. The van der Waals surface area contributed by atoms with E-state index in [1.807, 2.05) is 41.3 Å². The molecule has 2 unspecified atom stereocenters. The number of methoxy groups -OCH3 is 1. The van der Waals surface area contributed by atoms with Crippen LogP contribution in [0.4, 0.5) is 0 Å². The molecular weight excluding hydrogens is 376 g/mol. The molecule has 0 amide bonds. The van der Waals surface area contributed by atoms with Gasteiger partial charge in [0.25, 0.3) is 0 Å². The fourth-order valence-electron chi connectivity index (χ4n) is 3.41. The Hall–Kier alpha value is -2.45. The van der Waals surface area contributed by atoms with E-state index in [4.69, 9.17) is 9.15 Å². The van der Waals surface area contributed by atoms with Gasteiger partial charge in [-0.2, -0.15) is 5.10 Å². The summed E-state index contributed by atoms with van der Waals surface area (Å²) in [7, 11) is 0.839. The Kier molecular flexibility index (Phi) is 5.59. The molecule has 2 atom stereocenters. The van der Waals surface area contributed by atoms with Crippen LogP contribution in [0.2, 0.25) is 0 Å². The molecule has 0 bridgehead atoms. The first-order chi connectivity index (χ1) is 13.7. The van der Waals surface area contributed by atoms with Crippen molar-refractivity contribution in [3.8, 4) is 17.2 Å². The van der Waals surface area contributed by atoms with Crippen LogP contribution in [0.3, 0.4) is 0 Å². The summed E-state index contributed by atoms with van der Waals surface area (Å²) in [4.78, 5) is 6.97. The molecule has 0 N–H and O–H groups in total. The maximum Gasteiger partial charge on any atom is 0.226 e. The van der Waals surface area contributed by atoms with Gasteiger partial charge in [0.15, 0.2) is 0 Å². The number of hydrogen-bond acceptors (Lipinski definition) is 6. The summed E-state index contributed by atoms with van der Waals surface area (Å²) >= 11 is 0. The SMILES string of the molecule is CCn1cc(C2CS(=O)CCN2Cc2coc(-c3ccc(OC)cc3)n2)cn1. The molecule has 28 heavy (non-hydrogen) atoms. The number of benzene rings is 1. The van der Waals surface area contributed by atoms with Crippen LogP contribution in [-0.4, -0.2) is 49.0 Å². The Morgan fingerprint density at radius 3 is 2.86 bits per heavy atom. The van der Waals surface area contributed by atoms with Crippen LogP contribution in [0.1, 0.15) is 24.2 Å². The van der Waals surface area contributed by atoms with E-state index in [1.54, 1.807) is 13.4 Å². The zero-order valence-electron chi connectivity index (χ0n) is 16.1. The lowest BCUT2D eigenvalue weighted by molar-refractivity contribution is 0.206. The van der Waals surface area contributed by atoms with Gasteiger partial charge in [0.05, 0.1) is 19.0 Å². The van der Waals surface area contributed by atoms with Crippen molar-refractivity contribution in [1.82, 2.24) is 19.7 Å². The number of ether oxygens (including phenoxy) is 1. The van der Waals surface area contributed by atoms with E-state index < -0.39 is 10.8 Å². The highest BCUT2D eigenvalue weighted by Gasteiger charge is 2.29. The van der Waals surface area contributed by atoms with Gasteiger partial charge in [-0.1, -0.05) is 0 Å². The van der Waals surface area contributed by atoms with E-state index >= 15 is 0 Å². The topological polar surface area (TPSA) is 73.4 Å². The van der Waals surface area contributed by atoms with Crippen LogP contribution < -0.4 is 4.74 Å². The number of aromatic nitrogens is 3. The summed E-state index contributed by atoms with van der Waals surface area (Å²) in [6.07, 6.45) is 5.64. The first kappa shape index (κ1) is 18.9. The quantitative estimate of drug-likeness (QED) is 0.633. The average molecular weight is 401 g/mol. The fourth-order valence-corrected chi connectivity index (χ4v) is 4.77. The van der Waals surface area contributed by atoms with Crippen molar-refractivity contribution >= 4 is 10.8 Å². The molecule has 1 aliphatic heterocycles. The molecule has 4 rings (SSSR count). The zero-order chi connectivity index (χ0) is 19.5. The predicted molar refractivity (Wildman–Crippen MR) is 107 cm³/mol. The van der Waals surface area contributed by atoms with Crippen molar-refractivity contribution in [2.24, 2.45) is 0 Å². The minimum atomic E-state index is -0.804. The van der Waals surface area contributed by atoms with Gasteiger partial charge in [0.1, 0.15) is 12.0 Å². The van der Waals surface area contributed by atoms with Crippen molar-refractivity contribution in [2.45, 2.75) is 26.1 Å². The molecule has 148 valence electrons. The summed E-state index contributed by atoms with van der Waals surface area (Å²) in [5, 5.41) is 4.38. The number of rotatable bonds is 6. The van der Waals surface area contributed by atoms with Crippen molar-refractivity contribution in [3.63, 3.8) is 0 Å². The van der Waals surface area contributed by atoms with Gasteiger partial charge >= 0.3 is 0 Å². The highest BCUT2D eigenvalue weighted by atomic mass is 32.2. The first-order valence-electron chi connectivity index (χ1n) is 9.36. The van der Waals surface area contributed by atoms with Gasteiger partial charge in [0, 0.05) is 65.3 Å². The second-order valence-electron chi connectivity index (χ2n) is 6.80. The minimum Gasteiger partial charge on any atom is -0.497 e. The van der Waals surface area contributed by atoms with E-state index in [2.05, 4.69) is 21.9 Å². The van der Waals surface area contributed by atoms with E-state index in [1.165, 1.54) is 0 Å². The van der Waals surface area contributed by atoms with Crippen LogP contribution in [0, 0.1) is 0 Å². The van der Waals surface area contributed by atoms with Crippen molar-refractivity contribution in [1.29, 1.82) is 0 Å². The minimum absolute atomic E-state index is 0.0796. The van der Waals surface area contributed by atoms with Gasteiger partial charge in [-0.05, 0) is 31.2 Å². The maximum atomic E-state index is 12.2. The average Bonchev–Trinajstić information content (AvgIpc) is 3.39. The summed E-state index contributed by atoms with van der Waals surface area (Å²) in [6.45, 7) is 4.30. The maximum absolute atomic E-state index is 12.2. The molecule has 7 nitrogen and oxygen atoms in total. The third-order valence-corrected chi connectivity index (χ3v) is 6.33. The van der Waals surface area contributed by atoms with Crippen LogP contribution >= 0.6 is 0 Å². The molecule has 8 heteroatoms. The summed E-state index contributed by atoms with van der Waals surface area (Å²) in [5.74, 6) is 2.70.